The predicted molar refractivity (Wildman–Crippen MR) is 98.5 cm³/mol. The molecule has 1 aliphatic heterocycles. The quantitative estimate of drug-likeness (QED) is 0.819. The van der Waals surface area contributed by atoms with Gasteiger partial charge in [0.1, 0.15) is 11.2 Å². The van der Waals surface area contributed by atoms with Gasteiger partial charge in [-0.05, 0) is 48.3 Å². The number of nitrogens with zero attached hydrogens (tertiary/aromatic N) is 1. The highest BCUT2D eigenvalue weighted by Crippen LogP contribution is 2.45. The first kappa shape index (κ1) is 15.8. The second-order valence-corrected chi connectivity index (χ2v) is 9.21. The normalized spacial score (nSPS) is 23.2. The number of carbonyl (C=O) groups is 1. The summed E-state index contributed by atoms with van der Waals surface area (Å²) in [7, 11) is 2.01. The first-order valence-electron chi connectivity index (χ1n) is 8.68. The van der Waals surface area contributed by atoms with Crippen molar-refractivity contribution in [2.75, 3.05) is 5.32 Å². The van der Waals surface area contributed by atoms with Crippen LogP contribution in [0.15, 0.2) is 18.3 Å². The van der Waals surface area contributed by atoms with Crippen molar-refractivity contribution in [3.8, 4) is 0 Å². The Morgan fingerprint density at radius 2 is 2.08 bits per heavy atom. The summed E-state index contributed by atoms with van der Waals surface area (Å²) >= 11 is 1.79. The molecule has 5 heteroatoms. The highest BCUT2D eigenvalue weighted by molar-refractivity contribution is 7.16. The maximum absolute atomic E-state index is 12.8. The molecule has 4 nitrogen and oxygen atoms in total. The zero-order chi connectivity index (χ0) is 17.1. The largest absolute Gasteiger partial charge is 0.351 e. The summed E-state index contributed by atoms with van der Waals surface area (Å²) in [6.45, 7) is 6.98. The van der Waals surface area contributed by atoms with Gasteiger partial charge in [-0.1, -0.05) is 20.8 Å². The van der Waals surface area contributed by atoms with Gasteiger partial charge in [0.25, 0.3) is 5.91 Å². The van der Waals surface area contributed by atoms with Crippen LogP contribution in [0.5, 0.6) is 0 Å². The first-order valence-corrected chi connectivity index (χ1v) is 9.49. The van der Waals surface area contributed by atoms with E-state index in [1.807, 2.05) is 29.9 Å². The second kappa shape index (κ2) is 5.38. The average Bonchev–Trinajstić information content (AvgIpc) is 3.08. The third kappa shape index (κ3) is 2.46. The van der Waals surface area contributed by atoms with Crippen LogP contribution in [-0.4, -0.2) is 10.5 Å². The van der Waals surface area contributed by atoms with E-state index in [2.05, 4.69) is 31.4 Å². The Labute approximate surface area is 147 Å². The molecule has 0 aromatic carbocycles. The van der Waals surface area contributed by atoms with Crippen LogP contribution >= 0.6 is 11.3 Å². The number of hydrogen-bond acceptors (Lipinski definition) is 3. The SMILES string of the molecule is Cn1cccc1[C@@H]1NC(=O)c2c(sc3c2CC[C@@H](C(C)(C)C)C3)N1. The third-order valence-electron chi connectivity index (χ3n) is 5.55. The van der Waals surface area contributed by atoms with Crippen LogP contribution in [0.3, 0.4) is 0 Å². The summed E-state index contributed by atoms with van der Waals surface area (Å²) in [6, 6.07) is 4.05. The molecule has 0 unspecified atom stereocenters. The number of carbonyl (C=O) groups excluding carboxylic acids is 1. The molecule has 2 atom stereocenters. The van der Waals surface area contributed by atoms with E-state index in [0.717, 1.165) is 29.1 Å². The van der Waals surface area contributed by atoms with Crippen LogP contribution in [0.2, 0.25) is 0 Å². The zero-order valence-electron chi connectivity index (χ0n) is 14.8. The monoisotopic (exact) mass is 343 g/mol. The Bertz CT molecular complexity index is 796. The smallest absolute Gasteiger partial charge is 0.256 e. The number of fused-ring (bicyclic) bond motifs is 3. The molecule has 0 spiro atoms. The van der Waals surface area contributed by atoms with E-state index in [1.54, 1.807) is 11.3 Å². The number of nitrogens with one attached hydrogen (secondary N) is 2. The van der Waals surface area contributed by atoms with Gasteiger partial charge in [-0.15, -0.1) is 11.3 Å². The Kier molecular flexibility index (Phi) is 3.53. The van der Waals surface area contributed by atoms with Crippen molar-refractivity contribution in [1.29, 1.82) is 0 Å². The number of aromatic nitrogens is 1. The average molecular weight is 343 g/mol. The molecule has 0 bridgehead atoms. The molecule has 0 radical (unpaired) electrons. The molecule has 2 aromatic rings. The van der Waals surface area contributed by atoms with Gasteiger partial charge in [-0.2, -0.15) is 0 Å². The summed E-state index contributed by atoms with van der Waals surface area (Å²) in [5, 5.41) is 7.72. The number of rotatable bonds is 1. The number of thiophene rings is 1. The van der Waals surface area contributed by atoms with Crippen molar-refractivity contribution in [3.63, 3.8) is 0 Å². The lowest BCUT2D eigenvalue weighted by molar-refractivity contribution is 0.0933. The molecule has 3 heterocycles. The topological polar surface area (TPSA) is 46.1 Å². The summed E-state index contributed by atoms with van der Waals surface area (Å²) in [4.78, 5) is 14.2. The van der Waals surface area contributed by atoms with Gasteiger partial charge in [-0.3, -0.25) is 4.79 Å². The molecule has 24 heavy (non-hydrogen) atoms. The van der Waals surface area contributed by atoms with Crippen molar-refractivity contribution in [3.05, 3.63) is 40.0 Å². The molecule has 2 N–H and O–H groups in total. The minimum absolute atomic E-state index is 0.0710. The molecule has 1 aliphatic carbocycles. The predicted octanol–water partition coefficient (Wildman–Crippen LogP) is 4.09. The lowest BCUT2D eigenvalue weighted by Gasteiger charge is -2.34. The van der Waals surface area contributed by atoms with E-state index in [1.165, 1.54) is 16.9 Å². The van der Waals surface area contributed by atoms with E-state index >= 15 is 0 Å². The lowest BCUT2D eigenvalue weighted by atomic mass is 9.72. The molecular weight excluding hydrogens is 318 g/mol. The van der Waals surface area contributed by atoms with Crippen molar-refractivity contribution in [2.24, 2.45) is 18.4 Å². The fraction of sp³-hybridized carbons (Fsp3) is 0.526. The van der Waals surface area contributed by atoms with Gasteiger partial charge in [-0.25, -0.2) is 0 Å². The van der Waals surface area contributed by atoms with Gasteiger partial charge < -0.3 is 15.2 Å². The number of hydrogen-bond donors (Lipinski definition) is 2. The number of anilines is 1. The van der Waals surface area contributed by atoms with Crippen LogP contribution in [0.4, 0.5) is 5.00 Å². The first-order chi connectivity index (χ1) is 11.3. The van der Waals surface area contributed by atoms with E-state index in [4.69, 9.17) is 0 Å². The Hall–Kier alpha value is -1.75. The van der Waals surface area contributed by atoms with Gasteiger partial charge in [0.05, 0.1) is 11.3 Å². The molecular formula is C19H25N3OS. The standard InChI is InChI=1S/C19H25N3OS/c1-19(2,3)11-7-8-12-14(10-11)24-18-15(12)17(23)20-16(21-18)13-6-5-9-22(13)4/h5-6,9,11,16,21H,7-8,10H2,1-4H3,(H,20,23)/t11-,16-/m1/s1. The molecule has 4 rings (SSSR count). The highest BCUT2D eigenvalue weighted by atomic mass is 32.1. The molecule has 0 saturated heterocycles. The van der Waals surface area contributed by atoms with Crippen LogP contribution in [0, 0.1) is 11.3 Å². The van der Waals surface area contributed by atoms with Crippen LogP contribution in [0.25, 0.3) is 0 Å². The number of amides is 1. The third-order valence-corrected chi connectivity index (χ3v) is 6.73. The minimum Gasteiger partial charge on any atom is -0.351 e. The molecule has 0 fully saturated rings. The van der Waals surface area contributed by atoms with Crippen molar-refractivity contribution in [1.82, 2.24) is 9.88 Å². The van der Waals surface area contributed by atoms with Crippen molar-refractivity contribution < 1.29 is 4.79 Å². The zero-order valence-corrected chi connectivity index (χ0v) is 15.6. The Balaban J connectivity index is 1.67. The lowest BCUT2D eigenvalue weighted by Crippen LogP contribution is -2.39. The van der Waals surface area contributed by atoms with E-state index in [-0.39, 0.29) is 12.1 Å². The molecule has 0 saturated carbocycles. The highest BCUT2D eigenvalue weighted by Gasteiger charge is 2.36. The van der Waals surface area contributed by atoms with Gasteiger partial charge in [0.2, 0.25) is 0 Å². The summed E-state index contributed by atoms with van der Waals surface area (Å²) < 4.78 is 2.05. The van der Waals surface area contributed by atoms with E-state index in [9.17, 15) is 4.79 Å². The summed E-state index contributed by atoms with van der Waals surface area (Å²) in [5.41, 5.74) is 3.58. The maximum Gasteiger partial charge on any atom is 0.256 e. The van der Waals surface area contributed by atoms with E-state index in [0.29, 0.717) is 11.3 Å². The molecule has 2 aliphatic rings. The minimum atomic E-state index is -0.150. The van der Waals surface area contributed by atoms with Crippen LogP contribution in [0.1, 0.15) is 59.9 Å². The fourth-order valence-corrected chi connectivity index (χ4v) is 5.31. The Morgan fingerprint density at radius 1 is 1.29 bits per heavy atom. The molecule has 2 aromatic heterocycles. The second-order valence-electron chi connectivity index (χ2n) is 8.11. The van der Waals surface area contributed by atoms with Crippen molar-refractivity contribution >= 4 is 22.2 Å². The number of aryl methyl sites for hydroxylation is 1. The Morgan fingerprint density at radius 3 is 2.75 bits per heavy atom. The van der Waals surface area contributed by atoms with Crippen LogP contribution in [-0.2, 0) is 19.9 Å². The van der Waals surface area contributed by atoms with Crippen molar-refractivity contribution in [2.45, 2.75) is 46.2 Å². The molecule has 1 amide bonds. The summed E-state index contributed by atoms with van der Waals surface area (Å²) in [6.07, 6.45) is 5.15. The maximum atomic E-state index is 12.8. The molecule has 128 valence electrons. The van der Waals surface area contributed by atoms with Gasteiger partial charge in [0, 0.05) is 18.1 Å². The summed E-state index contributed by atoms with van der Waals surface area (Å²) in [5.74, 6) is 0.762. The fourth-order valence-electron chi connectivity index (χ4n) is 3.96. The van der Waals surface area contributed by atoms with Gasteiger partial charge in [0.15, 0.2) is 0 Å². The van der Waals surface area contributed by atoms with Gasteiger partial charge >= 0.3 is 0 Å². The van der Waals surface area contributed by atoms with Crippen LogP contribution < -0.4 is 10.6 Å². The van der Waals surface area contributed by atoms with E-state index < -0.39 is 0 Å².